The molecule has 0 radical (unpaired) electrons. The van der Waals surface area contributed by atoms with Crippen LogP contribution in [0.4, 0.5) is 0 Å². The molecule has 1 rings (SSSR count). The van der Waals surface area contributed by atoms with Gasteiger partial charge in [0.15, 0.2) is 0 Å². The normalized spacial score (nSPS) is 12.5. The largest absolute Gasteiger partial charge is 0.349 e. The van der Waals surface area contributed by atoms with Crippen LogP contribution in [0, 0.1) is 0 Å². The van der Waals surface area contributed by atoms with Gasteiger partial charge in [-0.05, 0) is 14.0 Å². The van der Waals surface area contributed by atoms with Crippen molar-refractivity contribution < 1.29 is 4.79 Å². The van der Waals surface area contributed by atoms with Crippen molar-refractivity contribution in [3.05, 3.63) is 18.2 Å². The van der Waals surface area contributed by atoms with Crippen LogP contribution < -0.4 is 10.6 Å². The maximum absolute atomic E-state index is 11.5. The summed E-state index contributed by atoms with van der Waals surface area (Å²) in [5.74, 6) is -0.132. The highest BCUT2D eigenvalue weighted by atomic mass is 16.1. The molecule has 0 bridgehead atoms. The van der Waals surface area contributed by atoms with Crippen molar-refractivity contribution in [1.82, 2.24) is 20.2 Å². The predicted molar refractivity (Wildman–Crippen MR) is 54.1 cm³/mol. The molecule has 1 aromatic rings. The molecule has 5 heteroatoms. The van der Waals surface area contributed by atoms with Gasteiger partial charge in [0.1, 0.15) is 5.69 Å². The third kappa shape index (κ3) is 2.85. The van der Waals surface area contributed by atoms with Crippen LogP contribution in [0.15, 0.2) is 12.5 Å². The molecule has 1 amide bonds. The first kappa shape index (κ1) is 10.7. The summed E-state index contributed by atoms with van der Waals surface area (Å²) >= 11 is 0. The maximum Gasteiger partial charge on any atom is 0.271 e. The van der Waals surface area contributed by atoms with Crippen molar-refractivity contribution in [3.63, 3.8) is 0 Å². The molecule has 0 saturated heterocycles. The van der Waals surface area contributed by atoms with Crippen LogP contribution in [0.3, 0.4) is 0 Å². The highest BCUT2D eigenvalue weighted by Gasteiger charge is 2.08. The number of aryl methyl sites for hydroxylation is 1. The van der Waals surface area contributed by atoms with Crippen LogP contribution >= 0.6 is 0 Å². The summed E-state index contributed by atoms with van der Waals surface area (Å²) in [6.07, 6.45) is 3.30. The summed E-state index contributed by atoms with van der Waals surface area (Å²) in [7, 11) is 3.69. The Morgan fingerprint density at radius 1 is 1.71 bits per heavy atom. The van der Waals surface area contributed by atoms with Gasteiger partial charge in [0, 0.05) is 25.8 Å². The summed E-state index contributed by atoms with van der Waals surface area (Å²) in [6.45, 7) is 2.60. The summed E-state index contributed by atoms with van der Waals surface area (Å²) < 4.78 is 1.75. The zero-order valence-electron chi connectivity index (χ0n) is 8.74. The number of amides is 1. The molecule has 5 nitrogen and oxygen atoms in total. The molecule has 0 aliphatic rings. The van der Waals surface area contributed by atoms with E-state index in [1.807, 2.05) is 21.0 Å². The Kier molecular flexibility index (Phi) is 3.64. The van der Waals surface area contributed by atoms with E-state index in [2.05, 4.69) is 15.6 Å². The minimum atomic E-state index is -0.132. The van der Waals surface area contributed by atoms with Crippen LogP contribution in [-0.2, 0) is 7.05 Å². The molecule has 1 aromatic heterocycles. The van der Waals surface area contributed by atoms with E-state index in [9.17, 15) is 4.79 Å². The van der Waals surface area contributed by atoms with Crippen LogP contribution in [0.2, 0.25) is 0 Å². The molecule has 14 heavy (non-hydrogen) atoms. The van der Waals surface area contributed by atoms with Gasteiger partial charge in [0.25, 0.3) is 5.91 Å². The number of nitrogens with one attached hydrogen (secondary N) is 2. The van der Waals surface area contributed by atoms with E-state index in [1.165, 1.54) is 0 Å². The van der Waals surface area contributed by atoms with Gasteiger partial charge in [-0.1, -0.05) is 0 Å². The van der Waals surface area contributed by atoms with E-state index in [1.54, 1.807) is 17.1 Å². The van der Waals surface area contributed by atoms with Gasteiger partial charge >= 0.3 is 0 Å². The molecular formula is C9H16N4O. The molecule has 78 valence electrons. The predicted octanol–water partition coefficient (Wildman–Crippen LogP) is -0.242. The average molecular weight is 196 g/mol. The Labute approximate surface area is 83.5 Å². The Balaban J connectivity index is 2.43. The van der Waals surface area contributed by atoms with Crippen molar-refractivity contribution in [2.45, 2.75) is 13.0 Å². The smallest absolute Gasteiger partial charge is 0.271 e. The van der Waals surface area contributed by atoms with Crippen LogP contribution in [0.1, 0.15) is 17.4 Å². The van der Waals surface area contributed by atoms with E-state index in [-0.39, 0.29) is 11.9 Å². The molecule has 2 N–H and O–H groups in total. The molecule has 0 spiro atoms. The van der Waals surface area contributed by atoms with E-state index < -0.39 is 0 Å². The molecule has 1 unspecified atom stereocenters. The fraction of sp³-hybridized carbons (Fsp3) is 0.556. The minimum Gasteiger partial charge on any atom is -0.349 e. The first-order valence-electron chi connectivity index (χ1n) is 4.57. The lowest BCUT2D eigenvalue weighted by atomic mass is 10.3. The fourth-order valence-electron chi connectivity index (χ4n) is 0.968. The second kappa shape index (κ2) is 4.76. The van der Waals surface area contributed by atoms with E-state index in [0.29, 0.717) is 12.2 Å². The third-order valence-electron chi connectivity index (χ3n) is 2.00. The number of nitrogens with zero attached hydrogens (tertiary/aromatic N) is 2. The van der Waals surface area contributed by atoms with Gasteiger partial charge in [-0.2, -0.15) is 0 Å². The second-order valence-corrected chi connectivity index (χ2v) is 3.32. The minimum absolute atomic E-state index is 0.132. The Hall–Kier alpha value is -1.36. The average Bonchev–Trinajstić information content (AvgIpc) is 2.60. The Bertz CT molecular complexity index is 308. The second-order valence-electron chi connectivity index (χ2n) is 3.32. The highest BCUT2D eigenvalue weighted by Crippen LogP contribution is 1.93. The fourth-order valence-corrected chi connectivity index (χ4v) is 0.968. The van der Waals surface area contributed by atoms with Crippen LogP contribution in [-0.4, -0.2) is 35.1 Å². The molecule has 1 heterocycles. The summed E-state index contributed by atoms with van der Waals surface area (Å²) in [5, 5.41) is 5.82. The SMILES string of the molecule is CNC(C)CNC(=O)c1cn(C)cn1. The number of rotatable bonds is 4. The van der Waals surface area contributed by atoms with Gasteiger partial charge < -0.3 is 15.2 Å². The lowest BCUT2D eigenvalue weighted by Crippen LogP contribution is -2.37. The molecule has 1 atom stereocenters. The van der Waals surface area contributed by atoms with Gasteiger partial charge in [-0.3, -0.25) is 4.79 Å². The third-order valence-corrected chi connectivity index (χ3v) is 2.00. The molecular weight excluding hydrogens is 180 g/mol. The van der Waals surface area contributed by atoms with Crippen molar-refractivity contribution in [1.29, 1.82) is 0 Å². The van der Waals surface area contributed by atoms with Crippen LogP contribution in [0.5, 0.6) is 0 Å². The summed E-state index contributed by atoms with van der Waals surface area (Å²) in [6, 6.07) is 0.266. The van der Waals surface area contributed by atoms with Crippen molar-refractivity contribution in [2.75, 3.05) is 13.6 Å². The highest BCUT2D eigenvalue weighted by molar-refractivity contribution is 5.91. The van der Waals surface area contributed by atoms with Crippen molar-refractivity contribution >= 4 is 5.91 Å². The lowest BCUT2D eigenvalue weighted by Gasteiger charge is -2.09. The summed E-state index contributed by atoms with van der Waals surface area (Å²) in [5.41, 5.74) is 0.454. The standard InChI is InChI=1S/C9H16N4O/c1-7(10-2)4-11-9(14)8-5-13(3)6-12-8/h5-7,10H,4H2,1-3H3,(H,11,14). The number of imidazole rings is 1. The Morgan fingerprint density at radius 2 is 2.43 bits per heavy atom. The number of hydrogen-bond donors (Lipinski definition) is 2. The quantitative estimate of drug-likeness (QED) is 0.698. The molecule has 0 aliphatic carbocycles. The lowest BCUT2D eigenvalue weighted by molar-refractivity contribution is 0.0946. The summed E-state index contributed by atoms with van der Waals surface area (Å²) in [4.78, 5) is 15.4. The zero-order valence-corrected chi connectivity index (χ0v) is 8.74. The molecule has 0 aromatic carbocycles. The van der Waals surface area contributed by atoms with Gasteiger partial charge in [-0.25, -0.2) is 4.98 Å². The first-order chi connectivity index (χ1) is 6.63. The first-order valence-corrected chi connectivity index (χ1v) is 4.57. The van der Waals surface area contributed by atoms with Gasteiger partial charge in [0.05, 0.1) is 6.33 Å². The zero-order chi connectivity index (χ0) is 10.6. The van der Waals surface area contributed by atoms with E-state index >= 15 is 0 Å². The van der Waals surface area contributed by atoms with E-state index in [0.717, 1.165) is 0 Å². The van der Waals surface area contributed by atoms with E-state index in [4.69, 9.17) is 0 Å². The number of aromatic nitrogens is 2. The maximum atomic E-state index is 11.5. The Morgan fingerprint density at radius 3 is 2.93 bits per heavy atom. The van der Waals surface area contributed by atoms with Gasteiger partial charge in [0.2, 0.25) is 0 Å². The number of hydrogen-bond acceptors (Lipinski definition) is 3. The van der Waals surface area contributed by atoms with Crippen molar-refractivity contribution in [3.8, 4) is 0 Å². The molecule has 0 fully saturated rings. The topological polar surface area (TPSA) is 58.9 Å². The number of likely N-dealkylation sites (N-methyl/N-ethyl adjacent to an activating group) is 1. The molecule has 0 saturated carbocycles. The van der Waals surface area contributed by atoms with Crippen molar-refractivity contribution in [2.24, 2.45) is 7.05 Å². The van der Waals surface area contributed by atoms with Gasteiger partial charge in [-0.15, -0.1) is 0 Å². The molecule has 0 aliphatic heterocycles. The number of carbonyl (C=O) groups excluding carboxylic acids is 1. The number of carbonyl (C=O) groups is 1. The monoisotopic (exact) mass is 196 g/mol. The van der Waals surface area contributed by atoms with Crippen LogP contribution in [0.25, 0.3) is 0 Å².